The van der Waals surface area contributed by atoms with Crippen LogP contribution in [-0.2, 0) is 6.61 Å². The van der Waals surface area contributed by atoms with Gasteiger partial charge in [0.15, 0.2) is 5.65 Å². The van der Waals surface area contributed by atoms with E-state index in [4.69, 9.17) is 10.7 Å². The van der Waals surface area contributed by atoms with Gasteiger partial charge in [-0.1, -0.05) is 13.8 Å². The maximum absolute atomic E-state index is 9.80. The topological polar surface area (TPSA) is 104 Å². The average Bonchev–Trinajstić information content (AvgIpc) is 3.13. The van der Waals surface area contributed by atoms with E-state index in [1.165, 1.54) is 0 Å². The van der Waals surface area contributed by atoms with Crippen molar-refractivity contribution in [3.63, 3.8) is 0 Å². The highest BCUT2D eigenvalue weighted by Gasteiger charge is 2.28. The lowest BCUT2D eigenvalue weighted by Gasteiger charge is -2.38. The minimum absolute atomic E-state index is 0.0358. The van der Waals surface area contributed by atoms with E-state index >= 15 is 0 Å². The molecule has 0 saturated carbocycles. The smallest absolute Gasteiger partial charge is 0.155 e. The van der Waals surface area contributed by atoms with Crippen molar-refractivity contribution in [2.24, 2.45) is 17.6 Å². The third-order valence-electron chi connectivity index (χ3n) is 5.52. The number of anilines is 1. The monoisotopic (exact) mass is 380 g/mol. The van der Waals surface area contributed by atoms with E-state index in [-0.39, 0.29) is 12.6 Å². The summed E-state index contributed by atoms with van der Waals surface area (Å²) < 4.78 is 0. The number of hydrogen-bond acceptors (Lipinski definition) is 6. The van der Waals surface area contributed by atoms with Crippen LogP contribution in [0.2, 0.25) is 0 Å². The van der Waals surface area contributed by atoms with Gasteiger partial charge in [0, 0.05) is 30.7 Å². The normalized spacial score (nSPS) is 20.2. The van der Waals surface area contributed by atoms with Gasteiger partial charge in [-0.3, -0.25) is 5.10 Å². The Morgan fingerprint density at radius 1 is 1.36 bits per heavy atom. The standard InChI is InChI=1S/C21H28N6O/c1-13(2)8-15-11-27(7-5-17(15)22)19-10-14(12-28)9-18(24-19)20-16-4-3-6-23-21(16)26-25-20/h3-4,6,9-10,13,15,17,28H,5,7-8,11-12,22H2,1-2H3,(H,23,25,26). The molecule has 7 nitrogen and oxygen atoms in total. The molecule has 0 amide bonds. The number of piperidine rings is 1. The van der Waals surface area contributed by atoms with Crippen molar-refractivity contribution >= 4 is 16.9 Å². The Morgan fingerprint density at radius 2 is 2.21 bits per heavy atom. The summed E-state index contributed by atoms with van der Waals surface area (Å²) in [6.45, 7) is 6.21. The van der Waals surface area contributed by atoms with Crippen LogP contribution in [0.25, 0.3) is 22.4 Å². The quantitative estimate of drug-likeness (QED) is 0.629. The summed E-state index contributed by atoms with van der Waals surface area (Å²) in [4.78, 5) is 11.5. The number of rotatable bonds is 5. The molecule has 148 valence electrons. The molecular formula is C21H28N6O. The minimum atomic E-state index is -0.0358. The number of hydrogen-bond donors (Lipinski definition) is 3. The third-order valence-corrected chi connectivity index (χ3v) is 5.52. The number of pyridine rings is 2. The first-order valence-corrected chi connectivity index (χ1v) is 9.97. The van der Waals surface area contributed by atoms with Crippen LogP contribution < -0.4 is 10.6 Å². The van der Waals surface area contributed by atoms with Crippen LogP contribution in [0, 0.1) is 11.8 Å². The number of aliphatic hydroxyl groups is 1. The predicted octanol–water partition coefficient (Wildman–Crippen LogP) is 2.71. The largest absolute Gasteiger partial charge is 0.392 e. The zero-order chi connectivity index (χ0) is 19.7. The van der Waals surface area contributed by atoms with Gasteiger partial charge in [-0.25, -0.2) is 9.97 Å². The molecule has 4 N–H and O–H groups in total. The van der Waals surface area contributed by atoms with Gasteiger partial charge < -0.3 is 15.7 Å². The van der Waals surface area contributed by atoms with E-state index in [2.05, 4.69) is 33.9 Å². The molecule has 3 aromatic heterocycles. The number of nitrogens with zero attached hydrogens (tertiary/aromatic N) is 4. The van der Waals surface area contributed by atoms with Crippen LogP contribution in [0.1, 0.15) is 32.3 Å². The van der Waals surface area contributed by atoms with Gasteiger partial charge in [0.2, 0.25) is 0 Å². The summed E-state index contributed by atoms with van der Waals surface area (Å²) in [6.07, 6.45) is 3.80. The Hall–Kier alpha value is -2.51. The molecule has 4 rings (SSSR count). The molecule has 0 radical (unpaired) electrons. The molecule has 7 heteroatoms. The molecule has 1 saturated heterocycles. The van der Waals surface area contributed by atoms with Crippen LogP contribution in [0.15, 0.2) is 30.5 Å². The summed E-state index contributed by atoms with van der Waals surface area (Å²) in [5, 5.41) is 18.1. The molecule has 0 aliphatic carbocycles. The highest BCUT2D eigenvalue weighted by Crippen LogP contribution is 2.30. The van der Waals surface area contributed by atoms with Crippen molar-refractivity contribution in [3.8, 4) is 11.4 Å². The number of aliphatic hydroxyl groups excluding tert-OH is 1. The van der Waals surface area contributed by atoms with Crippen LogP contribution in [-0.4, -0.2) is 44.4 Å². The second-order valence-corrected chi connectivity index (χ2v) is 8.14. The molecule has 2 unspecified atom stereocenters. The molecule has 1 fully saturated rings. The molecule has 0 aromatic carbocycles. The van der Waals surface area contributed by atoms with E-state index in [1.807, 2.05) is 24.3 Å². The second-order valence-electron chi connectivity index (χ2n) is 8.14. The lowest BCUT2D eigenvalue weighted by molar-refractivity contribution is 0.281. The summed E-state index contributed by atoms with van der Waals surface area (Å²) in [5.41, 5.74) is 9.45. The Morgan fingerprint density at radius 3 is 3.00 bits per heavy atom. The van der Waals surface area contributed by atoms with Crippen LogP contribution in [0.3, 0.4) is 0 Å². The molecule has 1 aliphatic rings. The maximum atomic E-state index is 9.80. The van der Waals surface area contributed by atoms with Crippen LogP contribution in [0.4, 0.5) is 5.82 Å². The molecule has 28 heavy (non-hydrogen) atoms. The summed E-state index contributed by atoms with van der Waals surface area (Å²) >= 11 is 0. The third kappa shape index (κ3) is 3.72. The van der Waals surface area contributed by atoms with Gasteiger partial charge in [-0.15, -0.1) is 0 Å². The van der Waals surface area contributed by atoms with E-state index in [9.17, 15) is 5.11 Å². The number of fused-ring (bicyclic) bond motifs is 1. The van der Waals surface area contributed by atoms with Crippen LogP contribution in [0.5, 0.6) is 0 Å². The van der Waals surface area contributed by atoms with Crippen molar-refractivity contribution in [1.82, 2.24) is 20.2 Å². The van der Waals surface area contributed by atoms with Crippen molar-refractivity contribution < 1.29 is 5.11 Å². The molecule has 3 aromatic rings. The summed E-state index contributed by atoms with van der Waals surface area (Å²) in [5.74, 6) is 1.95. The fourth-order valence-electron chi connectivity index (χ4n) is 4.11. The summed E-state index contributed by atoms with van der Waals surface area (Å²) in [6, 6.07) is 7.97. The van der Waals surface area contributed by atoms with Crippen molar-refractivity contribution in [3.05, 3.63) is 36.0 Å². The van der Waals surface area contributed by atoms with E-state index in [1.54, 1.807) is 6.20 Å². The number of nitrogens with one attached hydrogen (secondary N) is 1. The number of nitrogens with two attached hydrogens (primary N) is 1. The zero-order valence-electron chi connectivity index (χ0n) is 16.5. The predicted molar refractivity (Wildman–Crippen MR) is 111 cm³/mol. The first-order chi connectivity index (χ1) is 13.5. The fraction of sp³-hybridized carbons (Fsp3) is 0.476. The number of aromatic nitrogens is 4. The van der Waals surface area contributed by atoms with Crippen molar-refractivity contribution in [2.45, 2.75) is 39.3 Å². The second kappa shape index (κ2) is 7.85. The van der Waals surface area contributed by atoms with Gasteiger partial charge in [-0.05, 0) is 54.5 Å². The number of aromatic amines is 1. The first-order valence-electron chi connectivity index (χ1n) is 9.97. The molecule has 1 aliphatic heterocycles. The first kappa shape index (κ1) is 18.8. The molecule has 0 bridgehead atoms. The molecule has 4 heterocycles. The maximum Gasteiger partial charge on any atom is 0.155 e. The van der Waals surface area contributed by atoms with E-state index in [0.717, 1.165) is 59.7 Å². The average molecular weight is 380 g/mol. The Bertz CT molecular complexity index is 953. The number of H-pyrrole nitrogens is 1. The lowest BCUT2D eigenvalue weighted by atomic mass is 9.86. The highest BCUT2D eigenvalue weighted by atomic mass is 16.3. The molecular weight excluding hydrogens is 352 g/mol. The zero-order valence-corrected chi connectivity index (χ0v) is 16.5. The Labute approximate surface area is 165 Å². The SMILES string of the molecule is CC(C)CC1CN(c2cc(CO)cc(-c3n[nH]c4ncccc34)n2)CCC1N. The highest BCUT2D eigenvalue weighted by molar-refractivity contribution is 5.89. The van der Waals surface area contributed by atoms with Gasteiger partial charge in [0.05, 0.1) is 12.3 Å². The Balaban J connectivity index is 1.69. The van der Waals surface area contributed by atoms with E-state index in [0.29, 0.717) is 11.8 Å². The minimum Gasteiger partial charge on any atom is -0.392 e. The fourth-order valence-corrected chi connectivity index (χ4v) is 4.11. The molecule has 2 atom stereocenters. The van der Waals surface area contributed by atoms with Gasteiger partial charge in [-0.2, -0.15) is 5.10 Å². The van der Waals surface area contributed by atoms with Gasteiger partial charge >= 0.3 is 0 Å². The Kier molecular flexibility index (Phi) is 5.28. The van der Waals surface area contributed by atoms with E-state index < -0.39 is 0 Å². The molecule has 0 spiro atoms. The summed E-state index contributed by atoms with van der Waals surface area (Å²) in [7, 11) is 0. The van der Waals surface area contributed by atoms with Crippen LogP contribution >= 0.6 is 0 Å². The van der Waals surface area contributed by atoms with Crippen molar-refractivity contribution in [1.29, 1.82) is 0 Å². The van der Waals surface area contributed by atoms with Gasteiger partial charge in [0.1, 0.15) is 11.5 Å². The van der Waals surface area contributed by atoms with Gasteiger partial charge in [0.25, 0.3) is 0 Å². The van der Waals surface area contributed by atoms with Crippen molar-refractivity contribution in [2.75, 3.05) is 18.0 Å². The lowest BCUT2D eigenvalue weighted by Crippen LogP contribution is -2.47.